The lowest BCUT2D eigenvalue weighted by Gasteiger charge is -2.31. The number of amides is 2. The molecule has 14 nitrogen and oxygen atoms in total. The molecule has 5 N–H and O–H groups in total. The Morgan fingerprint density at radius 2 is 1.38 bits per heavy atom. The third-order valence-electron chi connectivity index (χ3n) is 6.96. The van der Waals surface area contributed by atoms with Crippen LogP contribution >= 0.6 is 22.7 Å². The molecule has 0 aromatic carbocycles. The van der Waals surface area contributed by atoms with E-state index in [1.165, 1.54) is 36.5 Å². The van der Waals surface area contributed by atoms with Crippen LogP contribution in [-0.4, -0.2) is 89.1 Å². The number of ether oxygens (including phenoxy) is 1. The number of thiophene rings is 2. The van der Waals surface area contributed by atoms with Crippen LogP contribution < -0.4 is 10.6 Å². The first-order valence-corrected chi connectivity index (χ1v) is 16.1. The molecule has 0 saturated carbocycles. The molecule has 4 rings (SSSR count). The Morgan fingerprint density at radius 1 is 0.894 bits per heavy atom. The Labute approximate surface area is 281 Å². The van der Waals surface area contributed by atoms with Gasteiger partial charge in [0.1, 0.15) is 17.8 Å². The van der Waals surface area contributed by atoms with E-state index in [1.54, 1.807) is 35.0 Å². The van der Waals surface area contributed by atoms with Gasteiger partial charge in [0, 0.05) is 29.9 Å². The lowest BCUT2D eigenvalue weighted by molar-refractivity contribution is -0.124. The predicted octanol–water partition coefficient (Wildman–Crippen LogP) is 2.15. The van der Waals surface area contributed by atoms with Crippen molar-refractivity contribution in [2.24, 2.45) is 5.16 Å². The number of rotatable bonds is 12. The minimum Gasteiger partial charge on any atom is -0.436 e. The van der Waals surface area contributed by atoms with E-state index in [-0.39, 0.29) is 61.8 Å². The summed E-state index contributed by atoms with van der Waals surface area (Å²) in [6.45, 7) is 3.16. The quantitative estimate of drug-likeness (QED) is 0.0414. The maximum absolute atomic E-state index is 12.4. The van der Waals surface area contributed by atoms with Gasteiger partial charge in [-0.25, -0.2) is 0 Å². The standard InChI is InChI=1S/C15H18BNO6S.C13H17BN2O5S.CH4/c1-10(19)7-11-4-5-14(16(21)23-11)17-15(20)12(8-22-9-18)13-3-2-6-24-13;1-8(17)7-9-4-5-11(14(19)21-9)15-13(18)12(16-20)10-3-2-6-22-10;/h2-3,6,8-9,11,14,21H,4-5,7H2,1H3,(H,17,20);2-3,6,9,11,19-20H,4-5,7H2,1H3,(H,15,18);1H4/b12-8+;16-12+;/t11-,14-;9-,11-;/m00./s1. The molecule has 2 aliphatic heterocycles. The third kappa shape index (κ3) is 12.5. The van der Waals surface area contributed by atoms with Gasteiger partial charge in [-0.15, -0.1) is 22.7 Å². The maximum atomic E-state index is 12.4. The summed E-state index contributed by atoms with van der Waals surface area (Å²) < 4.78 is 15.3. The van der Waals surface area contributed by atoms with Crippen LogP contribution in [0.2, 0.25) is 0 Å². The van der Waals surface area contributed by atoms with E-state index >= 15 is 0 Å². The van der Waals surface area contributed by atoms with Gasteiger partial charge in [-0.2, -0.15) is 0 Å². The first kappa shape index (κ1) is 39.5. The summed E-state index contributed by atoms with van der Waals surface area (Å²) in [6.07, 6.45) is 2.98. The number of hydrogen-bond donors (Lipinski definition) is 5. The van der Waals surface area contributed by atoms with Gasteiger partial charge in [-0.05, 0) is 62.4 Å². The van der Waals surface area contributed by atoms with E-state index in [9.17, 15) is 34.0 Å². The average molecular weight is 691 g/mol. The Bertz CT molecular complexity index is 1390. The third-order valence-corrected chi connectivity index (χ3v) is 8.74. The summed E-state index contributed by atoms with van der Waals surface area (Å²) in [6, 6.07) is 6.90. The molecule has 0 radical (unpaired) electrons. The van der Waals surface area contributed by atoms with Gasteiger partial charge in [-0.3, -0.25) is 24.0 Å². The van der Waals surface area contributed by atoms with Crippen LogP contribution in [0.25, 0.3) is 5.57 Å². The van der Waals surface area contributed by atoms with Gasteiger partial charge >= 0.3 is 14.2 Å². The fourth-order valence-corrected chi connectivity index (χ4v) is 6.25. The Kier molecular flexibility index (Phi) is 16.7. The number of nitrogens with zero attached hydrogens (tertiary/aromatic N) is 1. The highest BCUT2D eigenvalue weighted by Gasteiger charge is 2.38. The largest absolute Gasteiger partial charge is 0.478 e. The Morgan fingerprint density at radius 3 is 1.79 bits per heavy atom. The minimum atomic E-state index is -1.19. The summed E-state index contributed by atoms with van der Waals surface area (Å²) in [7, 11) is -2.38. The SMILES string of the molecule is C.CC(=O)C[C@@H]1CC[C@H](NC(=O)/C(=C/OC=O)c2cccs2)B(O)O1.CC(=O)C[C@@H]1CC[C@H](NC(=O)/C(=N/O)c2cccs2)B(O)O1. The van der Waals surface area contributed by atoms with Gasteiger partial charge < -0.3 is 39.9 Å². The topological polar surface area (TPSA) is 210 Å². The highest BCUT2D eigenvalue weighted by Crippen LogP contribution is 2.23. The van der Waals surface area contributed by atoms with Crippen molar-refractivity contribution in [2.75, 3.05) is 0 Å². The van der Waals surface area contributed by atoms with Crippen molar-refractivity contribution in [2.45, 2.75) is 83.9 Å². The number of carbonyl (C=O) groups is 5. The molecule has 0 unspecified atom stereocenters. The van der Waals surface area contributed by atoms with E-state index in [2.05, 4.69) is 20.5 Å². The highest BCUT2D eigenvalue weighted by atomic mass is 32.1. The number of Topliss-reactive ketones (excluding diaryl/α,β-unsaturated/α-hetero) is 2. The number of ketones is 2. The molecule has 0 aliphatic carbocycles. The molecule has 2 aliphatic rings. The second-order valence-electron chi connectivity index (χ2n) is 10.6. The van der Waals surface area contributed by atoms with Crippen molar-refractivity contribution in [1.82, 2.24) is 10.6 Å². The molecule has 47 heavy (non-hydrogen) atoms. The van der Waals surface area contributed by atoms with Crippen LogP contribution in [0.1, 0.15) is 69.6 Å². The van der Waals surface area contributed by atoms with Crippen LogP contribution in [-0.2, 0) is 38.0 Å². The summed E-state index contributed by atoms with van der Waals surface area (Å²) in [5.74, 6) is -2.27. The second kappa shape index (κ2) is 19.9. The van der Waals surface area contributed by atoms with Crippen LogP contribution in [0.3, 0.4) is 0 Å². The molecule has 2 saturated heterocycles. The lowest BCUT2D eigenvalue weighted by Crippen LogP contribution is -2.54. The van der Waals surface area contributed by atoms with E-state index in [4.69, 9.17) is 14.5 Å². The van der Waals surface area contributed by atoms with Crippen LogP contribution in [0.4, 0.5) is 0 Å². The molecular weight excluding hydrogens is 652 g/mol. The second-order valence-corrected chi connectivity index (χ2v) is 12.5. The first-order valence-electron chi connectivity index (χ1n) is 14.4. The maximum Gasteiger partial charge on any atom is 0.478 e. The fourth-order valence-electron chi connectivity index (χ4n) is 4.82. The molecule has 0 spiro atoms. The van der Waals surface area contributed by atoms with Gasteiger partial charge in [-0.1, -0.05) is 24.7 Å². The van der Waals surface area contributed by atoms with E-state index in [1.807, 2.05) is 0 Å². The van der Waals surface area contributed by atoms with Gasteiger partial charge in [0.2, 0.25) is 0 Å². The molecule has 2 aromatic rings. The van der Waals surface area contributed by atoms with E-state index in [0.717, 1.165) is 6.26 Å². The van der Waals surface area contributed by atoms with Crippen LogP contribution in [0.15, 0.2) is 46.4 Å². The van der Waals surface area contributed by atoms with Crippen molar-refractivity contribution >= 4 is 78.0 Å². The van der Waals surface area contributed by atoms with Gasteiger partial charge in [0.15, 0.2) is 5.71 Å². The minimum absolute atomic E-state index is 0. The first-order chi connectivity index (χ1) is 22.0. The molecule has 0 bridgehead atoms. The number of nitrogens with one attached hydrogen (secondary N) is 2. The summed E-state index contributed by atoms with van der Waals surface area (Å²) in [5, 5.41) is 40.8. The molecule has 18 heteroatoms. The fraction of sp³-hybridized carbons (Fsp3) is 0.448. The summed E-state index contributed by atoms with van der Waals surface area (Å²) in [4.78, 5) is 58.3. The van der Waals surface area contributed by atoms with Gasteiger partial charge in [0.25, 0.3) is 18.3 Å². The zero-order valence-corrected chi connectivity index (χ0v) is 26.8. The van der Waals surface area contributed by atoms with Crippen molar-refractivity contribution < 1.29 is 53.3 Å². The average Bonchev–Trinajstić information content (AvgIpc) is 3.72. The summed E-state index contributed by atoms with van der Waals surface area (Å²) in [5.41, 5.74) is 0.0863. The number of carbonyl (C=O) groups excluding carboxylic acids is 5. The Balaban J connectivity index is 0.000000321. The molecule has 4 atom stereocenters. The van der Waals surface area contributed by atoms with E-state index < -0.39 is 37.9 Å². The van der Waals surface area contributed by atoms with Gasteiger partial charge in [0.05, 0.1) is 22.3 Å². The molecule has 2 aromatic heterocycles. The van der Waals surface area contributed by atoms with Crippen molar-refractivity contribution in [1.29, 1.82) is 0 Å². The zero-order valence-electron chi connectivity index (χ0n) is 25.2. The number of oxime groups is 1. The molecule has 4 heterocycles. The predicted molar refractivity (Wildman–Crippen MR) is 177 cm³/mol. The molecule has 254 valence electrons. The van der Waals surface area contributed by atoms with Crippen molar-refractivity contribution in [3.63, 3.8) is 0 Å². The van der Waals surface area contributed by atoms with Crippen molar-refractivity contribution in [3.8, 4) is 0 Å². The van der Waals surface area contributed by atoms with Crippen molar-refractivity contribution in [3.05, 3.63) is 51.0 Å². The molecule has 2 amide bonds. The van der Waals surface area contributed by atoms with Crippen LogP contribution in [0, 0.1) is 0 Å². The molecule has 2 fully saturated rings. The normalized spacial score (nSPS) is 21.4. The molecular formula is C29H39B2N3O11S2. The Hall–Kier alpha value is -3.67. The smallest absolute Gasteiger partial charge is 0.436 e. The summed E-state index contributed by atoms with van der Waals surface area (Å²) >= 11 is 2.59. The van der Waals surface area contributed by atoms with Crippen LogP contribution in [0.5, 0.6) is 0 Å². The highest BCUT2D eigenvalue weighted by molar-refractivity contribution is 7.13. The monoisotopic (exact) mass is 691 g/mol. The number of hydrogen-bond acceptors (Lipinski definition) is 14. The zero-order chi connectivity index (χ0) is 33.6. The van der Waals surface area contributed by atoms with E-state index in [0.29, 0.717) is 35.4 Å². The lowest BCUT2D eigenvalue weighted by atomic mass is 9.72.